The first-order valence-electron chi connectivity index (χ1n) is 12.9. The van der Waals surface area contributed by atoms with Crippen LogP contribution in [0.5, 0.6) is 5.75 Å². The highest BCUT2D eigenvalue weighted by Crippen LogP contribution is 2.42. The number of carboxylic acid groups (broad SMARTS) is 1. The molecule has 1 aliphatic heterocycles. The smallest absolute Gasteiger partial charge is 0.335 e. The summed E-state index contributed by atoms with van der Waals surface area (Å²) in [6.45, 7) is 4.93. The maximum atomic E-state index is 14.2. The zero-order valence-electron chi connectivity index (χ0n) is 21.2. The minimum atomic E-state index is -0.907. The minimum absolute atomic E-state index is 0.0715. The number of aromatic carboxylic acids is 1. The summed E-state index contributed by atoms with van der Waals surface area (Å²) in [6, 6.07) is 24.7. The van der Waals surface area contributed by atoms with Crippen molar-refractivity contribution in [3.05, 3.63) is 112 Å². The molecule has 0 aromatic heterocycles. The van der Waals surface area contributed by atoms with Crippen LogP contribution >= 0.6 is 0 Å². The summed E-state index contributed by atoms with van der Waals surface area (Å²) in [5, 5.41) is 14.6. The third-order valence-corrected chi connectivity index (χ3v) is 7.50. The fourth-order valence-corrected chi connectivity index (χ4v) is 5.59. The van der Waals surface area contributed by atoms with E-state index in [2.05, 4.69) is 18.3 Å². The van der Waals surface area contributed by atoms with E-state index in [-0.39, 0.29) is 23.9 Å². The Hall–Kier alpha value is -3.70. The van der Waals surface area contributed by atoms with E-state index in [1.54, 1.807) is 18.2 Å². The first kappa shape index (κ1) is 25.0. The van der Waals surface area contributed by atoms with Crippen LogP contribution < -0.4 is 10.1 Å². The molecule has 4 nitrogen and oxygen atoms in total. The molecule has 0 bridgehead atoms. The molecule has 5 heteroatoms. The van der Waals surface area contributed by atoms with Gasteiger partial charge in [0.2, 0.25) is 0 Å². The van der Waals surface area contributed by atoms with Gasteiger partial charge in [0.25, 0.3) is 0 Å². The largest absolute Gasteiger partial charge is 0.490 e. The number of carboxylic acids is 1. The van der Waals surface area contributed by atoms with Crippen molar-refractivity contribution < 1.29 is 19.0 Å². The number of rotatable bonds is 8. The van der Waals surface area contributed by atoms with Crippen LogP contribution in [0, 0.1) is 12.7 Å². The van der Waals surface area contributed by atoms with Crippen LogP contribution in [0.15, 0.2) is 78.9 Å². The van der Waals surface area contributed by atoms with Crippen molar-refractivity contribution in [3.63, 3.8) is 0 Å². The van der Waals surface area contributed by atoms with Crippen LogP contribution in [-0.2, 0) is 0 Å². The van der Waals surface area contributed by atoms with Crippen molar-refractivity contribution in [2.24, 2.45) is 0 Å². The van der Waals surface area contributed by atoms with Crippen LogP contribution in [0.2, 0.25) is 0 Å². The number of carbonyl (C=O) groups is 1. The molecular formula is C32H32FNO3. The summed E-state index contributed by atoms with van der Waals surface area (Å²) in [7, 11) is 0. The molecule has 0 amide bonds. The molecular weight excluding hydrogens is 465 g/mol. The Morgan fingerprint density at radius 2 is 1.78 bits per heavy atom. The van der Waals surface area contributed by atoms with Gasteiger partial charge in [-0.1, -0.05) is 54.6 Å². The van der Waals surface area contributed by atoms with Crippen LogP contribution in [0.3, 0.4) is 0 Å². The van der Waals surface area contributed by atoms with Crippen LogP contribution in [0.1, 0.15) is 70.8 Å². The van der Waals surface area contributed by atoms with Gasteiger partial charge in [-0.25, -0.2) is 9.18 Å². The van der Waals surface area contributed by atoms with E-state index in [1.165, 1.54) is 0 Å². The normalized spacial score (nSPS) is 17.7. The Bertz CT molecular complexity index is 1430. The lowest BCUT2D eigenvalue weighted by molar-refractivity contribution is 0.0696. The first-order chi connectivity index (χ1) is 17.9. The van der Waals surface area contributed by atoms with Crippen molar-refractivity contribution in [1.82, 2.24) is 5.32 Å². The molecule has 3 atom stereocenters. The Balaban J connectivity index is 1.25. The molecule has 0 aliphatic carbocycles. The molecule has 4 aromatic rings. The lowest BCUT2D eigenvalue weighted by Gasteiger charge is -2.33. The summed E-state index contributed by atoms with van der Waals surface area (Å²) >= 11 is 0. The average molecular weight is 498 g/mol. The lowest BCUT2D eigenvalue weighted by Crippen LogP contribution is -2.28. The summed E-state index contributed by atoms with van der Waals surface area (Å²) in [6.07, 6.45) is 2.77. The number of nitrogens with one attached hydrogen (secondary N) is 1. The van der Waals surface area contributed by atoms with Crippen molar-refractivity contribution in [1.29, 1.82) is 0 Å². The molecule has 4 aromatic carbocycles. The number of ether oxygens (including phenoxy) is 1. The fraction of sp³-hybridized carbons (Fsp3) is 0.281. The molecule has 0 saturated carbocycles. The second-order valence-corrected chi connectivity index (χ2v) is 9.94. The van der Waals surface area contributed by atoms with Crippen LogP contribution in [0.4, 0.5) is 4.39 Å². The number of halogens is 1. The predicted octanol–water partition coefficient (Wildman–Crippen LogP) is 7.40. The van der Waals surface area contributed by atoms with E-state index < -0.39 is 5.97 Å². The standard InChI is InChI=1S/C32H32FNO3/c1-20-18-22(32(35)36)13-14-24(20)29-19-23(37-31-12-6-5-11-28(29)31)8-7-17-34-21(2)25-15-16-30(33)27-10-4-3-9-26(25)27/h3-6,9-16,18,21,23,29,34H,7-8,17,19H2,1-2H3,(H,35,36)/t21?,23-,29-/m0/s1. The number of aryl methyl sites for hydroxylation is 1. The van der Waals surface area contributed by atoms with Crippen molar-refractivity contribution in [2.75, 3.05) is 6.54 Å². The van der Waals surface area contributed by atoms with E-state index in [0.29, 0.717) is 10.9 Å². The van der Waals surface area contributed by atoms with E-state index in [1.807, 2.05) is 61.5 Å². The fourth-order valence-electron chi connectivity index (χ4n) is 5.59. The second-order valence-electron chi connectivity index (χ2n) is 9.94. The summed E-state index contributed by atoms with van der Waals surface area (Å²) in [5.74, 6) is -0.0289. The quantitative estimate of drug-likeness (QED) is 0.249. The number of hydrogen-bond donors (Lipinski definition) is 2. The van der Waals surface area contributed by atoms with Crippen molar-refractivity contribution in [2.45, 2.75) is 51.2 Å². The van der Waals surface area contributed by atoms with Crippen molar-refractivity contribution >= 4 is 16.7 Å². The Morgan fingerprint density at radius 1 is 1.03 bits per heavy atom. The minimum Gasteiger partial charge on any atom is -0.490 e. The van der Waals surface area contributed by atoms with E-state index >= 15 is 0 Å². The van der Waals surface area contributed by atoms with Gasteiger partial charge in [-0.05, 0) is 86.0 Å². The van der Waals surface area contributed by atoms with E-state index in [0.717, 1.165) is 59.2 Å². The van der Waals surface area contributed by atoms with Gasteiger partial charge in [0, 0.05) is 22.9 Å². The molecule has 37 heavy (non-hydrogen) atoms. The van der Waals surface area contributed by atoms with Gasteiger partial charge in [-0.15, -0.1) is 0 Å². The van der Waals surface area contributed by atoms with Gasteiger partial charge >= 0.3 is 5.97 Å². The van der Waals surface area contributed by atoms with Gasteiger partial charge in [0.05, 0.1) is 11.7 Å². The third kappa shape index (κ3) is 5.23. The van der Waals surface area contributed by atoms with Gasteiger partial charge in [0.15, 0.2) is 0 Å². The maximum absolute atomic E-state index is 14.2. The second kappa shape index (κ2) is 10.7. The van der Waals surface area contributed by atoms with Crippen LogP contribution in [-0.4, -0.2) is 23.7 Å². The number of hydrogen-bond acceptors (Lipinski definition) is 3. The van der Waals surface area contributed by atoms with Gasteiger partial charge in [-0.2, -0.15) is 0 Å². The highest BCUT2D eigenvalue weighted by atomic mass is 19.1. The van der Waals surface area contributed by atoms with Gasteiger partial charge < -0.3 is 15.2 Å². The number of para-hydroxylation sites is 1. The van der Waals surface area contributed by atoms with Crippen molar-refractivity contribution in [3.8, 4) is 5.75 Å². The van der Waals surface area contributed by atoms with Gasteiger partial charge in [0.1, 0.15) is 11.6 Å². The molecule has 0 saturated heterocycles. The average Bonchev–Trinajstić information content (AvgIpc) is 2.91. The predicted molar refractivity (Wildman–Crippen MR) is 145 cm³/mol. The molecule has 0 radical (unpaired) electrons. The summed E-state index contributed by atoms with van der Waals surface area (Å²) in [5.41, 5.74) is 4.70. The lowest BCUT2D eigenvalue weighted by atomic mass is 9.81. The summed E-state index contributed by atoms with van der Waals surface area (Å²) in [4.78, 5) is 11.4. The summed E-state index contributed by atoms with van der Waals surface area (Å²) < 4.78 is 20.6. The maximum Gasteiger partial charge on any atom is 0.335 e. The number of fused-ring (bicyclic) bond motifs is 2. The van der Waals surface area contributed by atoms with E-state index in [9.17, 15) is 14.3 Å². The third-order valence-electron chi connectivity index (χ3n) is 7.50. The first-order valence-corrected chi connectivity index (χ1v) is 12.9. The SMILES string of the molecule is Cc1cc(C(=O)O)ccc1[C@@H]1C[C@H](CCCNC(C)c2ccc(F)c3ccccc23)Oc2ccccc21. The zero-order valence-corrected chi connectivity index (χ0v) is 21.2. The Kier molecular flexibility index (Phi) is 7.24. The highest BCUT2D eigenvalue weighted by Gasteiger charge is 2.30. The molecule has 1 aliphatic rings. The topological polar surface area (TPSA) is 58.6 Å². The highest BCUT2D eigenvalue weighted by molar-refractivity contribution is 5.88. The molecule has 1 heterocycles. The monoisotopic (exact) mass is 497 g/mol. The molecule has 5 rings (SSSR count). The Labute approximate surface area is 217 Å². The zero-order chi connectivity index (χ0) is 25.9. The van der Waals surface area contributed by atoms with E-state index in [4.69, 9.17) is 4.74 Å². The molecule has 0 fully saturated rings. The molecule has 0 spiro atoms. The Morgan fingerprint density at radius 3 is 2.57 bits per heavy atom. The van der Waals surface area contributed by atoms with Gasteiger partial charge in [-0.3, -0.25) is 0 Å². The molecule has 1 unspecified atom stereocenters. The molecule has 190 valence electrons. The number of benzene rings is 4. The van der Waals surface area contributed by atoms with Crippen LogP contribution in [0.25, 0.3) is 10.8 Å². The molecule has 2 N–H and O–H groups in total.